The molecule has 0 radical (unpaired) electrons. The first-order chi connectivity index (χ1) is 14.1. The number of anilines is 1. The van der Waals surface area contributed by atoms with Crippen LogP contribution in [0, 0.1) is 0 Å². The van der Waals surface area contributed by atoms with E-state index in [1.54, 1.807) is 0 Å². The SMILES string of the molecule is O=C(CCNC(=O)NC1CCCCC1)NNC(=O)CNc1nc2ccccc2s1. The Morgan fingerprint density at radius 1 is 1.03 bits per heavy atom. The third kappa shape index (κ3) is 6.90. The van der Waals surface area contributed by atoms with Crippen LogP contribution in [-0.4, -0.2) is 42.0 Å². The molecule has 2 aromatic rings. The molecule has 156 valence electrons. The largest absolute Gasteiger partial charge is 0.352 e. The van der Waals surface area contributed by atoms with Gasteiger partial charge < -0.3 is 16.0 Å². The van der Waals surface area contributed by atoms with E-state index in [0.717, 1.165) is 35.9 Å². The number of nitrogens with zero attached hydrogens (tertiary/aromatic N) is 1. The monoisotopic (exact) mass is 418 g/mol. The van der Waals surface area contributed by atoms with Crippen LogP contribution < -0.4 is 26.8 Å². The molecule has 1 fully saturated rings. The number of benzene rings is 1. The lowest BCUT2D eigenvalue weighted by atomic mass is 9.96. The van der Waals surface area contributed by atoms with Crippen LogP contribution in [0.4, 0.5) is 9.93 Å². The van der Waals surface area contributed by atoms with Crippen molar-refractivity contribution < 1.29 is 14.4 Å². The molecule has 0 bridgehead atoms. The molecule has 0 aliphatic heterocycles. The Balaban J connectivity index is 1.26. The quantitative estimate of drug-likeness (QED) is 0.439. The zero-order valence-electron chi connectivity index (χ0n) is 16.1. The van der Waals surface area contributed by atoms with Gasteiger partial charge in [0, 0.05) is 19.0 Å². The summed E-state index contributed by atoms with van der Waals surface area (Å²) >= 11 is 1.45. The maximum Gasteiger partial charge on any atom is 0.315 e. The van der Waals surface area contributed by atoms with Crippen molar-refractivity contribution in [2.24, 2.45) is 0 Å². The van der Waals surface area contributed by atoms with Gasteiger partial charge in [0.05, 0.1) is 16.8 Å². The molecule has 1 aromatic carbocycles. The van der Waals surface area contributed by atoms with Crippen LogP contribution in [0.15, 0.2) is 24.3 Å². The summed E-state index contributed by atoms with van der Waals surface area (Å²) in [5, 5.41) is 9.16. The van der Waals surface area contributed by atoms with Crippen molar-refractivity contribution in [2.45, 2.75) is 44.6 Å². The zero-order valence-corrected chi connectivity index (χ0v) is 16.9. The highest BCUT2D eigenvalue weighted by molar-refractivity contribution is 7.22. The highest BCUT2D eigenvalue weighted by Crippen LogP contribution is 2.24. The number of nitrogens with one attached hydrogen (secondary N) is 5. The lowest BCUT2D eigenvalue weighted by Crippen LogP contribution is -2.46. The van der Waals surface area contributed by atoms with Crippen molar-refractivity contribution >= 4 is 44.5 Å². The summed E-state index contributed by atoms with van der Waals surface area (Å²) in [6.07, 6.45) is 5.59. The molecule has 1 aliphatic carbocycles. The van der Waals surface area contributed by atoms with E-state index in [-0.39, 0.29) is 43.4 Å². The Morgan fingerprint density at radius 2 is 1.79 bits per heavy atom. The summed E-state index contributed by atoms with van der Waals surface area (Å²) in [6.45, 7) is 0.187. The molecule has 1 aromatic heterocycles. The van der Waals surface area contributed by atoms with Crippen molar-refractivity contribution in [1.82, 2.24) is 26.5 Å². The molecule has 1 saturated carbocycles. The number of rotatable bonds is 7. The molecule has 1 aliphatic rings. The standard InChI is InChI=1S/C19H26N6O3S/c26-16(10-11-20-18(28)22-13-6-2-1-3-7-13)24-25-17(27)12-21-19-23-14-8-4-5-9-15(14)29-19/h4-5,8-9,13H,1-3,6-7,10-12H2,(H,21,23)(H,24,26)(H,25,27)(H2,20,22,28). The summed E-state index contributed by atoms with van der Waals surface area (Å²) in [4.78, 5) is 39.8. The highest BCUT2D eigenvalue weighted by Gasteiger charge is 2.15. The average Bonchev–Trinajstić information content (AvgIpc) is 3.14. The highest BCUT2D eigenvalue weighted by atomic mass is 32.1. The molecular formula is C19H26N6O3S. The maximum absolute atomic E-state index is 11.8. The summed E-state index contributed by atoms with van der Waals surface area (Å²) in [7, 11) is 0. The first-order valence-corrected chi connectivity index (χ1v) is 10.6. The molecule has 0 atom stereocenters. The number of hydrogen-bond donors (Lipinski definition) is 5. The van der Waals surface area contributed by atoms with Gasteiger partial charge >= 0.3 is 6.03 Å². The molecule has 5 N–H and O–H groups in total. The summed E-state index contributed by atoms with van der Waals surface area (Å²) < 4.78 is 1.03. The van der Waals surface area contributed by atoms with Crippen LogP contribution >= 0.6 is 11.3 Å². The molecular weight excluding hydrogens is 392 g/mol. The van der Waals surface area contributed by atoms with Crippen molar-refractivity contribution in [3.63, 3.8) is 0 Å². The van der Waals surface area contributed by atoms with Crippen molar-refractivity contribution in [2.75, 3.05) is 18.4 Å². The van der Waals surface area contributed by atoms with Gasteiger partial charge in [0.1, 0.15) is 0 Å². The van der Waals surface area contributed by atoms with Crippen LogP contribution in [0.1, 0.15) is 38.5 Å². The number of hydrogen-bond acceptors (Lipinski definition) is 6. The summed E-state index contributed by atoms with van der Waals surface area (Å²) in [6, 6.07) is 7.67. The smallest absolute Gasteiger partial charge is 0.315 e. The second-order valence-electron chi connectivity index (χ2n) is 6.92. The first-order valence-electron chi connectivity index (χ1n) is 9.81. The Kier molecular flexibility index (Phi) is 7.62. The van der Waals surface area contributed by atoms with Gasteiger partial charge in [0.15, 0.2) is 5.13 Å². The minimum absolute atomic E-state index is 0.0118. The summed E-state index contributed by atoms with van der Waals surface area (Å²) in [5.74, 6) is -0.767. The van der Waals surface area contributed by atoms with Crippen LogP contribution in [0.2, 0.25) is 0 Å². The maximum atomic E-state index is 11.8. The molecule has 4 amide bonds. The van der Waals surface area contributed by atoms with Crippen molar-refractivity contribution in [3.05, 3.63) is 24.3 Å². The normalized spacial score (nSPS) is 14.2. The van der Waals surface area contributed by atoms with E-state index in [0.29, 0.717) is 5.13 Å². The number of aromatic nitrogens is 1. The van der Waals surface area contributed by atoms with E-state index in [2.05, 4.69) is 31.8 Å². The minimum atomic E-state index is -0.388. The van der Waals surface area contributed by atoms with Crippen LogP contribution in [-0.2, 0) is 9.59 Å². The number of carbonyl (C=O) groups excluding carboxylic acids is 3. The van der Waals surface area contributed by atoms with Gasteiger partial charge in [-0.3, -0.25) is 20.4 Å². The third-order valence-electron chi connectivity index (χ3n) is 4.61. The Morgan fingerprint density at radius 3 is 2.59 bits per heavy atom. The molecule has 0 saturated heterocycles. The van der Waals surface area contributed by atoms with E-state index in [9.17, 15) is 14.4 Å². The second kappa shape index (κ2) is 10.6. The second-order valence-corrected chi connectivity index (χ2v) is 7.95. The van der Waals surface area contributed by atoms with E-state index in [1.807, 2.05) is 24.3 Å². The van der Waals surface area contributed by atoms with Gasteiger partial charge in [-0.2, -0.15) is 0 Å². The van der Waals surface area contributed by atoms with E-state index in [4.69, 9.17) is 0 Å². The van der Waals surface area contributed by atoms with Crippen molar-refractivity contribution in [1.29, 1.82) is 0 Å². The Bertz CT molecular complexity index is 816. The number of fused-ring (bicyclic) bond motifs is 1. The predicted octanol–water partition coefficient (Wildman–Crippen LogP) is 1.88. The number of para-hydroxylation sites is 1. The molecule has 0 unspecified atom stereocenters. The number of thiazole rings is 1. The van der Waals surface area contributed by atoms with Crippen LogP contribution in [0.3, 0.4) is 0 Å². The third-order valence-corrected chi connectivity index (χ3v) is 5.61. The molecule has 0 spiro atoms. The molecule has 1 heterocycles. The first kappa shape index (κ1) is 20.8. The fraction of sp³-hybridized carbons (Fsp3) is 0.474. The molecule has 10 heteroatoms. The lowest BCUT2D eigenvalue weighted by Gasteiger charge is -2.22. The topological polar surface area (TPSA) is 124 Å². The molecule has 3 rings (SSSR count). The average molecular weight is 419 g/mol. The number of carbonyl (C=O) groups is 3. The molecule has 9 nitrogen and oxygen atoms in total. The fourth-order valence-corrected chi connectivity index (χ4v) is 3.98. The number of hydrazine groups is 1. The minimum Gasteiger partial charge on any atom is -0.352 e. The van der Waals surface area contributed by atoms with E-state index >= 15 is 0 Å². The summed E-state index contributed by atoms with van der Waals surface area (Å²) in [5.41, 5.74) is 5.54. The van der Waals surface area contributed by atoms with Gasteiger partial charge in [0.2, 0.25) is 5.91 Å². The van der Waals surface area contributed by atoms with Gasteiger partial charge in [-0.1, -0.05) is 42.7 Å². The van der Waals surface area contributed by atoms with Gasteiger partial charge in [0.25, 0.3) is 5.91 Å². The number of amides is 4. The zero-order chi connectivity index (χ0) is 20.5. The molecule has 29 heavy (non-hydrogen) atoms. The van der Waals surface area contributed by atoms with Gasteiger partial charge in [-0.15, -0.1) is 0 Å². The van der Waals surface area contributed by atoms with Crippen molar-refractivity contribution in [3.8, 4) is 0 Å². The fourth-order valence-electron chi connectivity index (χ4n) is 3.12. The van der Waals surface area contributed by atoms with Gasteiger partial charge in [-0.05, 0) is 25.0 Å². The predicted molar refractivity (Wildman–Crippen MR) is 112 cm³/mol. The van der Waals surface area contributed by atoms with E-state index < -0.39 is 0 Å². The van der Waals surface area contributed by atoms with Gasteiger partial charge in [-0.25, -0.2) is 9.78 Å². The lowest BCUT2D eigenvalue weighted by molar-refractivity contribution is -0.127. The van der Waals surface area contributed by atoms with E-state index in [1.165, 1.54) is 17.8 Å². The Labute approximate surface area is 173 Å². The Hall–Kier alpha value is -2.88. The number of urea groups is 1. The van der Waals surface area contributed by atoms with Crippen LogP contribution in [0.5, 0.6) is 0 Å². The van der Waals surface area contributed by atoms with Crippen LogP contribution in [0.25, 0.3) is 10.2 Å².